The fourth-order valence-electron chi connectivity index (χ4n) is 4.12. The Kier molecular flexibility index (Phi) is 8.73. The van der Waals surface area contributed by atoms with Crippen LogP contribution < -0.4 is 0 Å². The molecule has 0 fully saturated rings. The average molecular weight is 337 g/mol. The Morgan fingerprint density at radius 1 is 0.857 bits per heavy atom. The van der Waals surface area contributed by atoms with Crippen LogP contribution in [0.25, 0.3) is 0 Å². The minimum atomic E-state index is -3.96. The third kappa shape index (κ3) is 7.29. The first kappa shape index (κ1) is 21.1. The van der Waals surface area contributed by atoms with Crippen LogP contribution in [0.5, 0.6) is 0 Å². The van der Waals surface area contributed by atoms with Crippen molar-refractivity contribution in [3.8, 4) is 0 Å². The molecule has 0 radical (unpaired) electrons. The van der Waals surface area contributed by atoms with Gasteiger partial charge >= 0.3 is 0 Å². The summed E-state index contributed by atoms with van der Waals surface area (Å²) in [5.74, 6) is 1.45. The van der Waals surface area contributed by atoms with E-state index in [-0.39, 0.29) is 0 Å². The van der Waals surface area contributed by atoms with Crippen molar-refractivity contribution in [2.24, 2.45) is 17.8 Å². The summed E-state index contributed by atoms with van der Waals surface area (Å²) >= 11 is 0. The Hall–Kier alpha value is 0.127. The molecule has 0 amide bonds. The number of hydrogen-bond donors (Lipinski definition) is 1. The van der Waals surface area contributed by atoms with E-state index >= 15 is 0 Å². The van der Waals surface area contributed by atoms with Gasteiger partial charge in [0.15, 0.2) is 0 Å². The highest BCUT2D eigenvalue weighted by Gasteiger charge is 2.47. The second kappa shape index (κ2) is 8.68. The normalized spacial score (nSPS) is 15.2. The Balaban J connectivity index is 5.87. The van der Waals surface area contributed by atoms with Crippen LogP contribution in [0.4, 0.5) is 0 Å². The summed E-state index contributed by atoms with van der Waals surface area (Å²) in [4.78, 5) is -0.498. The molecule has 5 heteroatoms. The highest BCUT2D eigenvalue weighted by atomic mass is 32.2. The summed E-state index contributed by atoms with van der Waals surface area (Å²) in [6.07, 6.45) is 1.42. The second-order valence-corrected chi connectivity index (χ2v) is 14.6. The van der Waals surface area contributed by atoms with E-state index in [1.54, 1.807) is 0 Å². The highest BCUT2D eigenvalue weighted by Crippen LogP contribution is 2.39. The van der Waals surface area contributed by atoms with Crippen LogP contribution >= 0.6 is 0 Å². The van der Waals surface area contributed by atoms with Crippen molar-refractivity contribution in [2.75, 3.05) is 0 Å². The monoisotopic (exact) mass is 336 g/mol. The zero-order valence-electron chi connectivity index (χ0n) is 15.0. The van der Waals surface area contributed by atoms with Crippen molar-refractivity contribution in [1.29, 1.82) is 0 Å². The van der Waals surface area contributed by atoms with Crippen LogP contribution in [-0.4, -0.2) is 25.9 Å². The van der Waals surface area contributed by atoms with E-state index in [2.05, 4.69) is 41.5 Å². The van der Waals surface area contributed by atoms with Crippen LogP contribution in [0.1, 0.15) is 61.3 Å². The maximum atomic E-state index is 12.1. The first-order chi connectivity index (χ1) is 9.44. The van der Waals surface area contributed by atoms with Gasteiger partial charge in [0.05, 0.1) is 12.9 Å². The Labute approximate surface area is 133 Å². The number of rotatable bonds is 10. The van der Waals surface area contributed by atoms with Gasteiger partial charge in [0.2, 0.25) is 0 Å². The van der Waals surface area contributed by atoms with E-state index < -0.39 is 23.1 Å². The molecule has 128 valence electrons. The van der Waals surface area contributed by atoms with Gasteiger partial charge in [-0.05, 0) is 24.2 Å². The van der Waals surface area contributed by atoms with E-state index in [9.17, 15) is 13.0 Å². The molecule has 0 bridgehead atoms. The van der Waals surface area contributed by atoms with Crippen LogP contribution in [0.15, 0.2) is 0 Å². The molecule has 0 rings (SSSR count). The van der Waals surface area contributed by atoms with Crippen LogP contribution in [0.2, 0.25) is 18.1 Å². The molecule has 21 heavy (non-hydrogen) atoms. The highest BCUT2D eigenvalue weighted by molar-refractivity contribution is 7.88. The average Bonchev–Trinajstić information content (AvgIpc) is 2.20. The molecular weight excluding hydrogens is 300 g/mol. The zero-order chi connectivity index (χ0) is 16.8. The smallest absolute Gasteiger partial charge is 0.265 e. The molecule has 0 aromatic rings. The molecule has 1 N–H and O–H groups in total. The molecule has 1 atom stereocenters. The predicted molar refractivity (Wildman–Crippen MR) is 94.9 cm³/mol. The van der Waals surface area contributed by atoms with E-state index in [1.165, 1.54) is 0 Å². The van der Waals surface area contributed by atoms with Crippen LogP contribution in [-0.2, 0) is 10.1 Å². The number of hydrogen-bond acceptors (Lipinski definition) is 2. The Bertz CT molecular complexity index is 362. The third-order valence-electron chi connectivity index (χ3n) is 4.04. The topological polar surface area (TPSA) is 54.4 Å². The summed E-state index contributed by atoms with van der Waals surface area (Å²) in [5.41, 5.74) is 0. The minimum absolute atomic E-state index is 0.482. The fraction of sp³-hybridized carbons (Fsp3) is 1.00. The maximum absolute atomic E-state index is 12.1. The molecule has 0 saturated carbocycles. The van der Waals surface area contributed by atoms with Gasteiger partial charge < -0.3 is 0 Å². The summed E-state index contributed by atoms with van der Waals surface area (Å²) in [6.45, 7) is 15.1. The Morgan fingerprint density at radius 3 is 1.38 bits per heavy atom. The van der Waals surface area contributed by atoms with Gasteiger partial charge in [0.1, 0.15) is 0 Å². The van der Waals surface area contributed by atoms with Crippen molar-refractivity contribution < 1.29 is 13.0 Å². The van der Waals surface area contributed by atoms with E-state index in [0.29, 0.717) is 24.2 Å². The minimum Gasteiger partial charge on any atom is -0.286 e. The molecule has 3 nitrogen and oxygen atoms in total. The molecule has 0 aliphatic heterocycles. The molecule has 0 aliphatic rings. The van der Waals surface area contributed by atoms with Gasteiger partial charge in [-0.15, -0.1) is 0 Å². The van der Waals surface area contributed by atoms with Gasteiger partial charge in [-0.25, -0.2) is 0 Å². The quantitative estimate of drug-likeness (QED) is 0.451. The van der Waals surface area contributed by atoms with Crippen molar-refractivity contribution in [3.05, 3.63) is 0 Å². The van der Waals surface area contributed by atoms with Crippen molar-refractivity contribution in [1.82, 2.24) is 0 Å². The summed E-state index contributed by atoms with van der Waals surface area (Å²) in [5, 5.41) is 0. The molecule has 0 aliphatic carbocycles. The van der Waals surface area contributed by atoms with Gasteiger partial charge in [0, 0.05) is 0 Å². The summed E-state index contributed by atoms with van der Waals surface area (Å²) < 4.78 is 34.1. The first-order valence-corrected chi connectivity index (χ1v) is 12.6. The fourth-order valence-corrected chi connectivity index (χ4v) is 15.1. The Morgan fingerprint density at radius 2 is 1.19 bits per heavy atom. The first-order valence-electron chi connectivity index (χ1n) is 8.41. The third-order valence-corrected chi connectivity index (χ3v) is 13.9. The summed E-state index contributed by atoms with van der Waals surface area (Å²) in [6, 6.07) is 2.98. The molecule has 0 spiro atoms. The summed E-state index contributed by atoms with van der Waals surface area (Å²) in [7, 11) is -6.07. The van der Waals surface area contributed by atoms with Gasteiger partial charge in [-0.2, -0.15) is 8.42 Å². The lowest BCUT2D eigenvalue weighted by atomic mass is 10.2. The lowest BCUT2D eigenvalue weighted by molar-refractivity contribution is 0.471. The molecule has 0 aromatic heterocycles. The molecule has 0 heterocycles. The van der Waals surface area contributed by atoms with E-state index in [4.69, 9.17) is 0 Å². The maximum Gasteiger partial charge on any atom is 0.265 e. The van der Waals surface area contributed by atoms with Gasteiger partial charge in [-0.3, -0.25) is 4.55 Å². The van der Waals surface area contributed by atoms with E-state index in [1.807, 2.05) is 6.92 Å². The molecular formula is C16H36O3SSi. The standard InChI is InChI=1S/C16H36O3SSi/c1-8-9-16(20(17,18)19)21(10-13(2)3,11-14(4)5)12-15(6)7/h13-16H,8-12H2,1-7H3,(H,17,18,19). The SMILES string of the molecule is CCCC([Si](CC(C)C)(CC(C)C)CC(C)C)S(=O)(=O)O. The predicted octanol–water partition coefficient (Wildman–Crippen LogP) is 5.00. The lowest BCUT2D eigenvalue weighted by Crippen LogP contribution is -2.53. The largest absolute Gasteiger partial charge is 0.286 e. The van der Waals surface area contributed by atoms with Gasteiger partial charge in [0.25, 0.3) is 10.1 Å². The van der Waals surface area contributed by atoms with Crippen molar-refractivity contribution in [2.45, 2.75) is 84.3 Å². The van der Waals surface area contributed by atoms with E-state index in [0.717, 1.165) is 24.6 Å². The van der Waals surface area contributed by atoms with Crippen molar-refractivity contribution in [3.63, 3.8) is 0 Å². The van der Waals surface area contributed by atoms with Crippen molar-refractivity contribution >= 4 is 18.2 Å². The lowest BCUT2D eigenvalue weighted by Gasteiger charge is -2.41. The molecule has 0 saturated heterocycles. The van der Waals surface area contributed by atoms with Gasteiger partial charge in [-0.1, -0.05) is 73.0 Å². The van der Waals surface area contributed by atoms with Crippen LogP contribution in [0, 0.1) is 17.8 Å². The second-order valence-electron chi connectivity index (χ2n) is 7.95. The zero-order valence-corrected chi connectivity index (χ0v) is 16.8. The van der Waals surface area contributed by atoms with Crippen LogP contribution in [0.3, 0.4) is 0 Å². The molecule has 0 aromatic carbocycles. The molecule has 1 unspecified atom stereocenters.